The summed E-state index contributed by atoms with van der Waals surface area (Å²) in [6.45, 7) is 4.23. The minimum absolute atomic E-state index is 0.268. The van der Waals surface area contributed by atoms with Gasteiger partial charge in [-0.05, 0) is 55.0 Å². The molecule has 1 aliphatic heterocycles. The Bertz CT molecular complexity index is 1170. The molecule has 1 aliphatic rings. The second kappa shape index (κ2) is 9.17. The topological polar surface area (TPSA) is 70.5 Å². The van der Waals surface area contributed by atoms with Crippen molar-refractivity contribution in [3.05, 3.63) is 82.1 Å². The van der Waals surface area contributed by atoms with E-state index in [0.717, 1.165) is 10.4 Å². The number of nitrogens with one attached hydrogen (secondary N) is 1. The molecule has 3 aromatic rings. The number of rotatable bonds is 5. The zero-order valence-electron chi connectivity index (χ0n) is 17.6. The maximum absolute atomic E-state index is 13.5. The fraction of sp³-hybridized carbons (Fsp3) is 0.261. The van der Waals surface area contributed by atoms with E-state index >= 15 is 0 Å². The van der Waals surface area contributed by atoms with Crippen molar-refractivity contribution in [3.8, 4) is 0 Å². The molecule has 1 N–H and O–H groups in total. The standard InChI is InChI=1S/C23H23F2N5O2/c1-16-2-3-18(25)14-20(16)26-22(31)15-30-23(32)9-8-21(27-30)29-12-10-28(11-13-29)19-6-4-17(24)5-7-19/h2-9,14H,10-13,15H2,1H3,(H,26,31). The van der Waals surface area contributed by atoms with Crippen LogP contribution in [-0.4, -0.2) is 41.9 Å². The van der Waals surface area contributed by atoms with Crippen LogP contribution >= 0.6 is 0 Å². The van der Waals surface area contributed by atoms with E-state index in [9.17, 15) is 18.4 Å². The van der Waals surface area contributed by atoms with Gasteiger partial charge < -0.3 is 15.1 Å². The molecule has 1 amide bonds. The number of hydrogen-bond acceptors (Lipinski definition) is 5. The maximum Gasteiger partial charge on any atom is 0.267 e. The summed E-state index contributed by atoms with van der Waals surface area (Å²) in [5, 5.41) is 6.98. The molecule has 0 bridgehead atoms. The van der Waals surface area contributed by atoms with Gasteiger partial charge in [-0.1, -0.05) is 6.07 Å². The van der Waals surface area contributed by atoms with Gasteiger partial charge in [0.15, 0.2) is 0 Å². The Labute approximate surface area is 183 Å². The number of aryl methyl sites for hydroxylation is 1. The predicted molar refractivity (Wildman–Crippen MR) is 119 cm³/mol. The highest BCUT2D eigenvalue weighted by Gasteiger charge is 2.19. The Kier molecular flexibility index (Phi) is 6.16. The number of halogens is 2. The van der Waals surface area contributed by atoms with E-state index in [0.29, 0.717) is 43.2 Å². The van der Waals surface area contributed by atoms with Crippen molar-refractivity contribution in [1.29, 1.82) is 0 Å². The van der Waals surface area contributed by atoms with Crippen molar-refractivity contribution in [3.63, 3.8) is 0 Å². The third-order valence-corrected chi connectivity index (χ3v) is 5.42. The molecule has 7 nitrogen and oxygen atoms in total. The lowest BCUT2D eigenvalue weighted by atomic mass is 10.2. The molecule has 0 spiro atoms. The minimum atomic E-state index is -0.466. The Morgan fingerprint density at radius 2 is 1.59 bits per heavy atom. The monoisotopic (exact) mass is 439 g/mol. The van der Waals surface area contributed by atoms with Crippen molar-refractivity contribution in [2.75, 3.05) is 41.3 Å². The van der Waals surface area contributed by atoms with Crippen molar-refractivity contribution in [2.24, 2.45) is 0 Å². The Hall–Kier alpha value is -3.75. The lowest BCUT2D eigenvalue weighted by Crippen LogP contribution is -2.47. The minimum Gasteiger partial charge on any atom is -0.368 e. The number of nitrogens with zero attached hydrogens (tertiary/aromatic N) is 4. The fourth-order valence-corrected chi connectivity index (χ4v) is 3.62. The normalized spacial score (nSPS) is 13.8. The van der Waals surface area contributed by atoms with E-state index in [2.05, 4.69) is 15.3 Å². The number of benzene rings is 2. The number of carbonyl (C=O) groups excluding carboxylic acids is 1. The number of piperazine rings is 1. The highest BCUT2D eigenvalue weighted by atomic mass is 19.1. The van der Waals surface area contributed by atoms with Gasteiger partial charge in [0.2, 0.25) is 5.91 Å². The average Bonchev–Trinajstić information content (AvgIpc) is 2.78. The molecule has 0 aliphatic carbocycles. The van der Waals surface area contributed by atoms with Gasteiger partial charge in [0.05, 0.1) is 0 Å². The van der Waals surface area contributed by atoms with E-state index in [-0.39, 0.29) is 12.4 Å². The van der Waals surface area contributed by atoms with Crippen molar-refractivity contribution >= 4 is 23.1 Å². The second-order valence-electron chi connectivity index (χ2n) is 7.65. The predicted octanol–water partition coefficient (Wildman–Crippen LogP) is 2.80. The molecule has 0 saturated carbocycles. The van der Waals surface area contributed by atoms with Gasteiger partial charge in [-0.15, -0.1) is 0 Å². The fourth-order valence-electron chi connectivity index (χ4n) is 3.62. The first-order valence-corrected chi connectivity index (χ1v) is 10.3. The van der Waals surface area contributed by atoms with Gasteiger partial charge in [0.1, 0.15) is 24.0 Å². The molecule has 1 saturated heterocycles. The molecule has 0 radical (unpaired) electrons. The van der Waals surface area contributed by atoms with Gasteiger partial charge in [0, 0.05) is 43.6 Å². The zero-order chi connectivity index (χ0) is 22.7. The van der Waals surface area contributed by atoms with Crippen molar-refractivity contribution < 1.29 is 13.6 Å². The molecule has 0 atom stereocenters. The van der Waals surface area contributed by atoms with Crippen LogP contribution in [0.3, 0.4) is 0 Å². The molecule has 1 fully saturated rings. The number of anilines is 3. The molecule has 4 rings (SSSR count). The quantitative estimate of drug-likeness (QED) is 0.662. The molecule has 0 unspecified atom stereocenters. The smallest absolute Gasteiger partial charge is 0.267 e. The van der Waals surface area contributed by atoms with Gasteiger partial charge in [-0.25, -0.2) is 13.5 Å². The van der Waals surface area contributed by atoms with E-state index in [1.807, 2.05) is 4.90 Å². The SMILES string of the molecule is Cc1ccc(F)cc1NC(=O)Cn1nc(N2CCN(c3ccc(F)cc3)CC2)ccc1=O. The van der Waals surface area contributed by atoms with Crippen LogP contribution < -0.4 is 20.7 Å². The number of hydrogen-bond donors (Lipinski definition) is 1. The average molecular weight is 439 g/mol. The first-order valence-electron chi connectivity index (χ1n) is 10.3. The van der Waals surface area contributed by atoms with E-state index in [4.69, 9.17) is 0 Å². The maximum atomic E-state index is 13.5. The lowest BCUT2D eigenvalue weighted by molar-refractivity contribution is -0.117. The van der Waals surface area contributed by atoms with Crippen molar-refractivity contribution in [2.45, 2.75) is 13.5 Å². The van der Waals surface area contributed by atoms with Crippen LogP contribution in [-0.2, 0) is 11.3 Å². The summed E-state index contributed by atoms with van der Waals surface area (Å²) in [6.07, 6.45) is 0. The molecule has 1 aromatic heterocycles. The van der Waals surface area contributed by atoms with Crippen LogP contribution in [0.4, 0.5) is 26.0 Å². The summed E-state index contributed by atoms with van der Waals surface area (Å²) >= 11 is 0. The molecule has 9 heteroatoms. The summed E-state index contributed by atoms with van der Waals surface area (Å²) in [6, 6.07) is 13.5. The van der Waals surface area contributed by atoms with Gasteiger partial charge in [-0.2, -0.15) is 5.10 Å². The lowest BCUT2D eigenvalue weighted by Gasteiger charge is -2.36. The first-order chi connectivity index (χ1) is 15.4. The largest absolute Gasteiger partial charge is 0.368 e. The van der Waals surface area contributed by atoms with E-state index in [1.165, 1.54) is 30.3 Å². The highest BCUT2D eigenvalue weighted by Crippen LogP contribution is 2.19. The number of carbonyl (C=O) groups is 1. The number of amides is 1. The van der Waals surface area contributed by atoms with Gasteiger partial charge >= 0.3 is 0 Å². The van der Waals surface area contributed by atoms with Gasteiger partial charge in [0.25, 0.3) is 5.56 Å². The Morgan fingerprint density at radius 1 is 0.938 bits per heavy atom. The molecule has 2 aromatic carbocycles. The molecular weight excluding hydrogens is 416 g/mol. The molecule has 32 heavy (non-hydrogen) atoms. The van der Waals surface area contributed by atoms with Crippen LogP contribution in [0.5, 0.6) is 0 Å². The van der Waals surface area contributed by atoms with Crippen LogP contribution in [0.2, 0.25) is 0 Å². The molecular formula is C23H23F2N5O2. The molecule has 166 valence electrons. The van der Waals surface area contributed by atoms with E-state index < -0.39 is 17.3 Å². The zero-order valence-corrected chi connectivity index (χ0v) is 17.6. The summed E-state index contributed by atoms with van der Waals surface area (Å²) in [5.74, 6) is -0.594. The van der Waals surface area contributed by atoms with Gasteiger partial charge in [-0.3, -0.25) is 9.59 Å². The highest BCUT2D eigenvalue weighted by molar-refractivity contribution is 5.91. The summed E-state index contributed by atoms with van der Waals surface area (Å²) in [5.41, 5.74) is 1.63. The summed E-state index contributed by atoms with van der Waals surface area (Å²) in [4.78, 5) is 28.8. The summed E-state index contributed by atoms with van der Waals surface area (Å²) in [7, 11) is 0. The molecule has 2 heterocycles. The Morgan fingerprint density at radius 3 is 2.31 bits per heavy atom. The van der Waals surface area contributed by atoms with Crippen LogP contribution in [0, 0.1) is 18.6 Å². The third-order valence-electron chi connectivity index (χ3n) is 5.42. The van der Waals surface area contributed by atoms with Crippen LogP contribution in [0.25, 0.3) is 0 Å². The van der Waals surface area contributed by atoms with E-state index in [1.54, 1.807) is 31.2 Å². The third kappa shape index (κ3) is 4.93. The van der Waals surface area contributed by atoms with Crippen LogP contribution in [0.1, 0.15) is 5.56 Å². The number of aromatic nitrogens is 2. The summed E-state index contributed by atoms with van der Waals surface area (Å²) < 4.78 is 27.7. The second-order valence-corrected chi connectivity index (χ2v) is 7.65. The Balaban J connectivity index is 1.41. The van der Waals surface area contributed by atoms with Crippen molar-refractivity contribution in [1.82, 2.24) is 9.78 Å². The van der Waals surface area contributed by atoms with Crippen LogP contribution in [0.15, 0.2) is 59.4 Å². The first kappa shape index (κ1) is 21.5.